The third-order valence-corrected chi connectivity index (χ3v) is 5.60. The number of fused-ring (bicyclic) bond motifs is 1. The molecule has 0 saturated heterocycles. The fourth-order valence-electron chi connectivity index (χ4n) is 2.67. The summed E-state index contributed by atoms with van der Waals surface area (Å²) in [5.41, 5.74) is 2.42. The molecule has 0 aliphatic rings. The molecule has 3 nitrogen and oxygen atoms in total. The first kappa shape index (κ1) is 14.8. The number of thiazole rings is 1. The summed E-state index contributed by atoms with van der Waals surface area (Å²) in [4.78, 5) is 8.50. The van der Waals surface area contributed by atoms with Crippen LogP contribution < -0.4 is 5.32 Å². The molecule has 3 heterocycles. The first-order valence-electron chi connectivity index (χ1n) is 7.39. The number of nitrogens with one attached hydrogen (secondary N) is 1. The minimum Gasteiger partial charge on any atom is -0.304 e. The molecule has 0 saturated carbocycles. The molecule has 5 heteroatoms. The number of aromatic nitrogens is 2. The summed E-state index contributed by atoms with van der Waals surface area (Å²) in [7, 11) is 0. The van der Waals surface area contributed by atoms with E-state index in [1.165, 1.54) is 28.3 Å². The summed E-state index contributed by atoms with van der Waals surface area (Å²) in [6, 6.07) is 4.81. The average molecular weight is 319 g/mol. The zero-order valence-electron chi connectivity index (χ0n) is 12.7. The van der Waals surface area contributed by atoms with Crippen LogP contribution in [0.2, 0.25) is 0 Å². The maximum atomic E-state index is 4.66. The van der Waals surface area contributed by atoms with Crippen LogP contribution in [-0.2, 0) is 6.54 Å². The standard InChI is InChI=1S/C16H21N3S2/c1-4-6-13(15-7-5-8-20-15)17-9-14-12(3)18-16-19(14)10-11(2)21-16/h5,7-8,10,13,17H,4,6,9H2,1-3H3. The number of nitrogens with zero attached hydrogens (tertiary/aromatic N) is 2. The van der Waals surface area contributed by atoms with Gasteiger partial charge in [-0.2, -0.15) is 0 Å². The van der Waals surface area contributed by atoms with E-state index in [0.29, 0.717) is 6.04 Å². The number of thiophene rings is 1. The third kappa shape index (κ3) is 3.05. The molecule has 3 aromatic rings. The lowest BCUT2D eigenvalue weighted by Crippen LogP contribution is -2.21. The molecule has 0 aromatic carbocycles. The van der Waals surface area contributed by atoms with E-state index < -0.39 is 0 Å². The van der Waals surface area contributed by atoms with E-state index in [9.17, 15) is 0 Å². The van der Waals surface area contributed by atoms with Crippen molar-refractivity contribution in [2.24, 2.45) is 0 Å². The lowest BCUT2D eigenvalue weighted by atomic mass is 10.1. The second-order valence-electron chi connectivity index (χ2n) is 5.38. The molecule has 0 spiro atoms. The number of hydrogen-bond donors (Lipinski definition) is 1. The summed E-state index contributed by atoms with van der Waals surface area (Å²) < 4.78 is 2.24. The van der Waals surface area contributed by atoms with Gasteiger partial charge in [-0.1, -0.05) is 19.4 Å². The predicted molar refractivity (Wildman–Crippen MR) is 91.4 cm³/mol. The molecule has 0 aliphatic carbocycles. The number of hydrogen-bond acceptors (Lipinski definition) is 4. The van der Waals surface area contributed by atoms with Crippen molar-refractivity contribution < 1.29 is 0 Å². The van der Waals surface area contributed by atoms with E-state index in [0.717, 1.165) is 17.2 Å². The Bertz CT molecular complexity index is 709. The van der Waals surface area contributed by atoms with Crippen molar-refractivity contribution in [3.63, 3.8) is 0 Å². The lowest BCUT2D eigenvalue weighted by Gasteiger charge is -2.16. The van der Waals surface area contributed by atoms with Crippen molar-refractivity contribution in [3.8, 4) is 0 Å². The Morgan fingerprint density at radius 2 is 2.24 bits per heavy atom. The van der Waals surface area contributed by atoms with Crippen LogP contribution in [0.15, 0.2) is 23.7 Å². The van der Waals surface area contributed by atoms with Gasteiger partial charge in [0.2, 0.25) is 0 Å². The van der Waals surface area contributed by atoms with Crippen LogP contribution in [0.3, 0.4) is 0 Å². The lowest BCUT2D eigenvalue weighted by molar-refractivity contribution is 0.494. The van der Waals surface area contributed by atoms with Gasteiger partial charge in [0, 0.05) is 28.5 Å². The fourth-order valence-corrected chi connectivity index (χ4v) is 4.39. The van der Waals surface area contributed by atoms with Crippen LogP contribution in [-0.4, -0.2) is 9.38 Å². The fraction of sp³-hybridized carbons (Fsp3) is 0.438. The summed E-state index contributed by atoms with van der Waals surface area (Å²) in [5.74, 6) is 0. The molecular formula is C16H21N3S2. The van der Waals surface area contributed by atoms with Gasteiger partial charge < -0.3 is 5.32 Å². The van der Waals surface area contributed by atoms with Gasteiger partial charge in [-0.25, -0.2) is 4.98 Å². The van der Waals surface area contributed by atoms with Gasteiger partial charge in [0.05, 0.1) is 11.4 Å². The van der Waals surface area contributed by atoms with Crippen LogP contribution in [0.25, 0.3) is 4.96 Å². The highest BCUT2D eigenvalue weighted by Gasteiger charge is 2.15. The maximum Gasteiger partial charge on any atom is 0.194 e. The second kappa shape index (κ2) is 6.30. The summed E-state index contributed by atoms with van der Waals surface area (Å²) >= 11 is 3.59. The topological polar surface area (TPSA) is 29.3 Å². The zero-order chi connectivity index (χ0) is 14.8. The quantitative estimate of drug-likeness (QED) is 0.713. The van der Waals surface area contributed by atoms with Crippen molar-refractivity contribution in [1.82, 2.24) is 14.7 Å². The van der Waals surface area contributed by atoms with E-state index >= 15 is 0 Å². The smallest absolute Gasteiger partial charge is 0.194 e. The zero-order valence-corrected chi connectivity index (χ0v) is 14.4. The molecule has 0 fully saturated rings. The van der Waals surface area contributed by atoms with Crippen LogP contribution in [0, 0.1) is 13.8 Å². The third-order valence-electron chi connectivity index (χ3n) is 3.72. The number of imidazole rings is 1. The highest BCUT2D eigenvalue weighted by atomic mass is 32.1. The molecule has 1 N–H and O–H groups in total. The van der Waals surface area contributed by atoms with E-state index in [1.807, 2.05) is 11.3 Å². The normalized spacial score (nSPS) is 13.1. The molecule has 3 rings (SSSR count). The Balaban J connectivity index is 1.79. The van der Waals surface area contributed by atoms with Gasteiger partial charge in [-0.3, -0.25) is 4.40 Å². The molecule has 1 unspecified atom stereocenters. The van der Waals surface area contributed by atoms with Crippen molar-refractivity contribution >= 4 is 27.6 Å². The molecular weight excluding hydrogens is 298 g/mol. The van der Waals surface area contributed by atoms with Crippen molar-refractivity contribution in [2.75, 3.05) is 0 Å². The average Bonchev–Trinajstić information content (AvgIpc) is 3.12. The monoisotopic (exact) mass is 319 g/mol. The van der Waals surface area contributed by atoms with Crippen LogP contribution in [0.1, 0.15) is 46.9 Å². The summed E-state index contributed by atoms with van der Waals surface area (Å²) in [6.07, 6.45) is 4.55. The molecule has 1 atom stereocenters. The van der Waals surface area contributed by atoms with Gasteiger partial charge in [-0.15, -0.1) is 22.7 Å². The number of aryl methyl sites for hydroxylation is 2. The van der Waals surface area contributed by atoms with E-state index in [2.05, 4.69) is 59.2 Å². The van der Waals surface area contributed by atoms with E-state index in [4.69, 9.17) is 0 Å². The Morgan fingerprint density at radius 1 is 1.38 bits per heavy atom. The van der Waals surface area contributed by atoms with E-state index in [-0.39, 0.29) is 0 Å². The largest absolute Gasteiger partial charge is 0.304 e. The van der Waals surface area contributed by atoms with Gasteiger partial charge >= 0.3 is 0 Å². The first-order valence-corrected chi connectivity index (χ1v) is 9.09. The summed E-state index contributed by atoms with van der Waals surface area (Å²) in [6.45, 7) is 7.35. The van der Waals surface area contributed by atoms with Crippen molar-refractivity contribution in [1.29, 1.82) is 0 Å². The highest BCUT2D eigenvalue weighted by Crippen LogP contribution is 2.25. The Labute approximate surface area is 133 Å². The maximum absolute atomic E-state index is 4.66. The SMILES string of the molecule is CCCC(NCc1c(C)nc2sc(C)cn12)c1cccs1. The molecule has 0 amide bonds. The molecule has 3 aromatic heterocycles. The predicted octanol–water partition coefficient (Wildman–Crippen LogP) is 4.71. The van der Waals surface area contributed by atoms with Gasteiger partial charge in [0.15, 0.2) is 4.96 Å². The highest BCUT2D eigenvalue weighted by molar-refractivity contribution is 7.17. The molecule has 21 heavy (non-hydrogen) atoms. The van der Waals surface area contributed by atoms with Crippen LogP contribution in [0.4, 0.5) is 0 Å². The van der Waals surface area contributed by atoms with Crippen LogP contribution >= 0.6 is 22.7 Å². The molecule has 0 bridgehead atoms. The van der Waals surface area contributed by atoms with Crippen molar-refractivity contribution in [3.05, 3.63) is 44.9 Å². The first-order chi connectivity index (χ1) is 10.2. The van der Waals surface area contributed by atoms with Crippen LogP contribution in [0.5, 0.6) is 0 Å². The van der Waals surface area contributed by atoms with Gasteiger partial charge in [0.25, 0.3) is 0 Å². The minimum absolute atomic E-state index is 0.444. The van der Waals surface area contributed by atoms with Crippen molar-refractivity contribution in [2.45, 2.75) is 46.2 Å². The second-order valence-corrected chi connectivity index (χ2v) is 7.57. The molecule has 0 radical (unpaired) electrons. The Morgan fingerprint density at radius 3 is 2.95 bits per heavy atom. The minimum atomic E-state index is 0.444. The molecule has 112 valence electrons. The van der Waals surface area contributed by atoms with Gasteiger partial charge in [0.1, 0.15) is 0 Å². The Hall–Kier alpha value is -1.17. The van der Waals surface area contributed by atoms with E-state index in [1.54, 1.807) is 11.3 Å². The number of rotatable bonds is 6. The Kier molecular flexibility index (Phi) is 4.42. The summed E-state index contributed by atoms with van der Waals surface area (Å²) in [5, 5.41) is 5.88. The molecule has 0 aliphatic heterocycles. The van der Waals surface area contributed by atoms with Gasteiger partial charge in [-0.05, 0) is 31.7 Å².